The first kappa shape index (κ1) is 22.6. The van der Waals surface area contributed by atoms with Crippen LogP contribution < -0.4 is 10.6 Å². The number of nitrogens with one attached hydrogen (secondary N) is 2. The summed E-state index contributed by atoms with van der Waals surface area (Å²) in [6.45, 7) is 3.68. The second-order valence-corrected chi connectivity index (χ2v) is 9.02. The molecule has 2 fully saturated rings. The summed E-state index contributed by atoms with van der Waals surface area (Å²) in [6, 6.07) is 2.05. The maximum Gasteiger partial charge on any atom is 0.255 e. The van der Waals surface area contributed by atoms with Gasteiger partial charge in [-0.1, -0.05) is 0 Å². The van der Waals surface area contributed by atoms with E-state index in [1.165, 1.54) is 0 Å². The van der Waals surface area contributed by atoms with Crippen LogP contribution >= 0.6 is 0 Å². The SMILES string of the molecule is CC(=O)N1CCC(n2cc(-c3cc4nccnc4c(NCC4CNCCC4(F)F)n3)cn2)CC1. The molecule has 0 radical (unpaired) electrons. The van der Waals surface area contributed by atoms with Crippen LogP contribution in [0.4, 0.5) is 14.6 Å². The van der Waals surface area contributed by atoms with E-state index in [0.29, 0.717) is 42.2 Å². The van der Waals surface area contributed by atoms with Crippen molar-refractivity contribution >= 4 is 22.8 Å². The lowest BCUT2D eigenvalue weighted by molar-refractivity contribution is -0.130. The van der Waals surface area contributed by atoms with E-state index in [1.54, 1.807) is 25.5 Å². The summed E-state index contributed by atoms with van der Waals surface area (Å²) in [4.78, 5) is 26.9. The molecule has 1 unspecified atom stereocenters. The number of rotatable bonds is 5. The second-order valence-electron chi connectivity index (χ2n) is 9.02. The summed E-state index contributed by atoms with van der Waals surface area (Å²) in [5.74, 6) is -3.02. The van der Waals surface area contributed by atoms with Gasteiger partial charge < -0.3 is 15.5 Å². The zero-order valence-electron chi connectivity index (χ0n) is 19.0. The van der Waals surface area contributed by atoms with Crippen LogP contribution in [0.25, 0.3) is 22.3 Å². The molecular weight excluding hydrogens is 442 g/mol. The molecule has 2 saturated heterocycles. The van der Waals surface area contributed by atoms with Crippen LogP contribution in [-0.2, 0) is 4.79 Å². The quantitative estimate of drug-likeness (QED) is 0.591. The van der Waals surface area contributed by atoms with E-state index in [4.69, 9.17) is 4.98 Å². The zero-order chi connectivity index (χ0) is 23.7. The molecule has 0 aromatic carbocycles. The molecule has 2 N–H and O–H groups in total. The van der Waals surface area contributed by atoms with Crippen molar-refractivity contribution in [1.29, 1.82) is 0 Å². The summed E-state index contributed by atoms with van der Waals surface area (Å²) < 4.78 is 30.6. The van der Waals surface area contributed by atoms with E-state index in [0.717, 1.165) is 18.4 Å². The van der Waals surface area contributed by atoms with Crippen LogP contribution in [0.1, 0.15) is 32.2 Å². The van der Waals surface area contributed by atoms with Gasteiger partial charge in [0.2, 0.25) is 5.91 Å². The summed E-state index contributed by atoms with van der Waals surface area (Å²) in [6.07, 6.45) is 8.38. The van der Waals surface area contributed by atoms with Crippen molar-refractivity contribution in [3.63, 3.8) is 0 Å². The fourth-order valence-corrected chi connectivity index (χ4v) is 4.68. The highest BCUT2D eigenvalue weighted by molar-refractivity contribution is 5.88. The fourth-order valence-electron chi connectivity index (χ4n) is 4.68. The van der Waals surface area contributed by atoms with Gasteiger partial charge in [0.15, 0.2) is 5.82 Å². The van der Waals surface area contributed by atoms with Gasteiger partial charge in [-0.05, 0) is 18.9 Å². The molecule has 3 aromatic heterocycles. The number of alkyl halides is 2. The first-order chi connectivity index (χ1) is 16.4. The summed E-state index contributed by atoms with van der Waals surface area (Å²) in [5, 5.41) is 10.7. The molecule has 0 spiro atoms. The molecule has 2 aliphatic heterocycles. The predicted octanol–water partition coefficient (Wildman–Crippen LogP) is 2.73. The number of carbonyl (C=O) groups is 1. The highest BCUT2D eigenvalue weighted by Crippen LogP contribution is 2.32. The smallest absolute Gasteiger partial charge is 0.255 e. The minimum atomic E-state index is -2.73. The lowest BCUT2D eigenvalue weighted by atomic mass is 9.95. The molecule has 34 heavy (non-hydrogen) atoms. The van der Waals surface area contributed by atoms with E-state index in [2.05, 4.69) is 25.7 Å². The average molecular weight is 471 g/mol. The van der Waals surface area contributed by atoms with E-state index < -0.39 is 11.8 Å². The summed E-state index contributed by atoms with van der Waals surface area (Å²) >= 11 is 0. The lowest BCUT2D eigenvalue weighted by Crippen LogP contribution is -2.47. The largest absolute Gasteiger partial charge is 0.368 e. The number of aromatic nitrogens is 5. The highest BCUT2D eigenvalue weighted by Gasteiger charge is 2.41. The lowest BCUT2D eigenvalue weighted by Gasteiger charge is -2.32. The van der Waals surface area contributed by atoms with Gasteiger partial charge in [-0.25, -0.2) is 18.7 Å². The number of likely N-dealkylation sites (tertiary alicyclic amines) is 1. The Kier molecular flexibility index (Phi) is 6.11. The summed E-state index contributed by atoms with van der Waals surface area (Å²) in [7, 11) is 0. The Labute approximate surface area is 196 Å². The van der Waals surface area contributed by atoms with Crippen LogP contribution in [-0.4, -0.2) is 74.2 Å². The Hall–Kier alpha value is -3.21. The Bertz CT molecular complexity index is 1170. The fraction of sp³-hybridized carbons (Fsp3) is 0.522. The molecule has 9 nitrogen and oxygen atoms in total. The van der Waals surface area contributed by atoms with E-state index in [-0.39, 0.29) is 31.5 Å². The van der Waals surface area contributed by atoms with Crippen LogP contribution in [0.5, 0.6) is 0 Å². The molecule has 3 aromatic rings. The molecule has 0 saturated carbocycles. The number of piperidine rings is 2. The third-order valence-electron chi connectivity index (χ3n) is 6.78. The van der Waals surface area contributed by atoms with Gasteiger partial charge in [0.1, 0.15) is 5.52 Å². The van der Waals surface area contributed by atoms with Gasteiger partial charge in [0.05, 0.1) is 29.4 Å². The molecule has 0 aliphatic carbocycles. The molecule has 2 aliphatic rings. The Morgan fingerprint density at radius 1 is 1.26 bits per heavy atom. The van der Waals surface area contributed by atoms with Gasteiger partial charge in [-0.15, -0.1) is 0 Å². The topological polar surface area (TPSA) is 101 Å². The third-order valence-corrected chi connectivity index (χ3v) is 6.78. The minimum Gasteiger partial charge on any atom is -0.368 e. The van der Waals surface area contributed by atoms with Gasteiger partial charge in [-0.2, -0.15) is 5.10 Å². The van der Waals surface area contributed by atoms with Crippen molar-refractivity contribution in [3.8, 4) is 11.3 Å². The number of pyridine rings is 1. The number of carbonyl (C=O) groups excluding carboxylic acids is 1. The van der Waals surface area contributed by atoms with Crippen molar-refractivity contribution in [2.45, 2.75) is 38.2 Å². The number of anilines is 1. The average Bonchev–Trinajstić information content (AvgIpc) is 3.33. The zero-order valence-corrected chi connectivity index (χ0v) is 19.0. The maximum absolute atomic E-state index is 14.3. The Morgan fingerprint density at radius 2 is 2.06 bits per heavy atom. The molecule has 1 atom stereocenters. The molecule has 5 rings (SSSR count). The maximum atomic E-state index is 14.3. The normalized spacial score (nSPS) is 21.0. The molecule has 1 amide bonds. The van der Waals surface area contributed by atoms with Crippen molar-refractivity contribution in [3.05, 3.63) is 30.9 Å². The number of halogens is 2. The monoisotopic (exact) mass is 470 g/mol. The molecular formula is C23H28F2N8O. The number of hydrogen-bond donors (Lipinski definition) is 2. The third kappa shape index (κ3) is 4.56. The van der Waals surface area contributed by atoms with E-state index in [1.807, 2.05) is 21.8 Å². The summed E-state index contributed by atoms with van der Waals surface area (Å²) in [5.41, 5.74) is 2.64. The predicted molar refractivity (Wildman–Crippen MR) is 123 cm³/mol. The van der Waals surface area contributed by atoms with E-state index in [9.17, 15) is 13.6 Å². The first-order valence-electron chi connectivity index (χ1n) is 11.6. The van der Waals surface area contributed by atoms with Crippen molar-refractivity contribution < 1.29 is 13.6 Å². The van der Waals surface area contributed by atoms with Crippen molar-refractivity contribution in [2.75, 3.05) is 38.0 Å². The number of hydrogen-bond acceptors (Lipinski definition) is 7. The minimum absolute atomic E-state index is 0.0795. The standard InChI is InChI=1S/C23H28F2N8O/c1-15(34)32-8-2-18(3-9-32)33-14-16(11-30-33)19-10-20-21(28-7-6-27-20)22(31-19)29-13-17-12-26-5-4-23(17,24)25/h6-7,10-11,14,17-18,26H,2-5,8-9,12-13H2,1H3,(H,29,31). The van der Waals surface area contributed by atoms with Crippen molar-refractivity contribution in [1.82, 2.24) is 34.9 Å². The van der Waals surface area contributed by atoms with Crippen LogP contribution in [0.15, 0.2) is 30.9 Å². The molecule has 180 valence electrons. The van der Waals surface area contributed by atoms with Crippen LogP contribution in [0.3, 0.4) is 0 Å². The number of nitrogens with zero attached hydrogens (tertiary/aromatic N) is 6. The van der Waals surface area contributed by atoms with Gasteiger partial charge >= 0.3 is 0 Å². The molecule has 11 heteroatoms. The van der Waals surface area contributed by atoms with Gasteiger partial charge in [-0.3, -0.25) is 14.5 Å². The number of fused-ring (bicyclic) bond motifs is 1. The first-order valence-corrected chi connectivity index (χ1v) is 11.6. The molecule has 5 heterocycles. The number of amides is 1. The van der Waals surface area contributed by atoms with Gasteiger partial charge in [0, 0.05) is 70.2 Å². The van der Waals surface area contributed by atoms with Crippen LogP contribution in [0.2, 0.25) is 0 Å². The Balaban J connectivity index is 1.38. The van der Waals surface area contributed by atoms with Crippen LogP contribution in [0, 0.1) is 5.92 Å². The Morgan fingerprint density at radius 3 is 2.82 bits per heavy atom. The second kappa shape index (κ2) is 9.21. The van der Waals surface area contributed by atoms with Crippen molar-refractivity contribution in [2.24, 2.45) is 5.92 Å². The highest BCUT2D eigenvalue weighted by atomic mass is 19.3. The van der Waals surface area contributed by atoms with Gasteiger partial charge in [0.25, 0.3) is 5.92 Å². The van der Waals surface area contributed by atoms with E-state index >= 15 is 0 Å². The molecule has 0 bridgehead atoms.